The number of aryl methyl sites for hydroxylation is 1. The molecule has 1 aliphatic rings. The third kappa shape index (κ3) is 3.16. The van der Waals surface area contributed by atoms with E-state index in [0.717, 1.165) is 11.3 Å². The molecule has 0 aliphatic carbocycles. The van der Waals surface area contributed by atoms with Crippen molar-refractivity contribution in [2.75, 3.05) is 13.1 Å². The van der Waals surface area contributed by atoms with Crippen LogP contribution in [-0.2, 0) is 20.0 Å². The van der Waals surface area contributed by atoms with Crippen molar-refractivity contribution in [2.45, 2.75) is 19.9 Å². The molecule has 1 N–H and O–H groups in total. The molecule has 2 amide bonds. The fraction of sp³-hybridized carbons (Fsp3) is 0.333. The molecule has 0 fully saturated rings. The van der Waals surface area contributed by atoms with Gasteiger partial charge in [-0.25, -0.2) is 9.18 Å². The lowest BCUT2D eigenvalue weighted by molar-refractivity contribution is 0.192. The van der Waals surface area contributed by atoms with Crippen LogP contribution >= 0.6 is 0 Å². The van der Waals surface area contributed by atoms with E-state index in [2.05, 4.69) is 20.6 Å². The molecular formula is C18H19FN6O2. The molecule has 0 saturated carbocycles. The number of urea groups is 1. The normalized spacial score (nSPS) is 13.5. The second kappa shape index (κ2) is 6.82. The summed E-state index contributed by atoms with van der Waals surface area (Å²) in [6.07, 6.45) is 0.703. The first-order valence-corrected chi connectivity index (χ1v) is 8.74. The maximum Gasteiger partial charge on any atom is 0.317 e. The van der Waals surface area contributed by atoms with Crippen LogP contribution in [0.5, 0.6) is 0 Å². The average molecular weight is 370 g/mol. The van der Waals surface area contributed by atoms with E-state index in [-0.39, 0.29) is 17.7 Å². The number of amides is 2. The summed E-state index contributed by atoms with van der Waals surface area (Å²) in [5.41, 5.74) is 3.18. The SMILES string of the molecule is CCNC(=O)N1CCc2c(c(-c3nc(-c4ccc(F)cc4)no3)nn2C)C1. The van der Waals surface area contributed by atoms with Crippen molar-refractivity contribution in [3.63, 3.8) is 0 Å². The van der Waals surface area contributed by atoms with Crippen molar-refractivity contribution in [3.8, 4) is 23.0 Å². The number of rotatable bonds is 3. The molecule has 3 heterocycles. The summed E-state index contributed by atoms with van der Waals surface area (Å²) in [4.78, 5) is 18.3. The zero-order chi connectivity index (χ0) is 19.0. The Bertz CT molecular complexity index is 978. The Morgan fingerprint density at radius 2 is 2.11 bits per heavy atom. The van der Waals surface area contributed by atoms with Crippen molar-refractivity contribution < 1.29 is 13.7 Å². The van der Waals surface area contributed by atoms with Crippen molar-refractivity contribution in [1.29, 1.82) is 0 Å². The minimum Gasteiger partial charge on any atom is -0.338 e. The summed E-state index contributed by atoms with van der Waals surface area (Å²) < 4.78 is 20.3. The van der Waals surface area contributed by atoms with Crippen molar-refractivity contribution in [3.05, 3.63) is 41.3 Å². The van der Waals surface area contributed by atoms with Crippen LogP contribution in [-0.4, -0.2) is 43.9 Å². The average Bonchev–Trinajstić information content (AvgIpc) is 3.27. The summed E-state index contributed by atoms with van der Waals surface area (Å²) in [6.45, 7) is 3.52. The van der Waals surface area contributed by atoms with Crippen LogP contribution < -0.4 is 5.32 Å². The Balaban J connectivity index is 1.66. The molecule has 0 spiro atoms. The Morgan fingerprint density at radius 3 is 2.85 bits per heavy atom. The Morgan fingerprint density at radius 1 is 1.33 bits per heavy atom. The van der Waals surface area contributed by atoms with Gasteiger partial charge in [0.25, 0.3) is 5.89 Å². The molecule has 0 saturated heterocycles. The molecule has 0 unspecified atom stereocenters. The molecule has 0 atom stereocenters. The van der Waals surface area contributed by atoms with Gasteiger partial charge in [-0.1, -0.05) is 5.16 Å². The summed E-state index contributed by atoms with van der Waals surface area (Å²) in [6, 6.07) is 5.77. The maximum absolute atomic E-state index is 13.1. The Labute approximate surface area is 155 Å². The summed E-state index contributed by atoms with van der Waals surface area (Å²) in [5, 5.41) is 11.3. The van der Waals surface area contributed by atoms with Crippen LogP contribution in [0, 0.1) is 5.82 Å². The van der Waals surface area contributed by atoms with E-state index in [4.69, 9.17) is 4.52 Å². The molecule has 0 bridgehead atoms. The number of hydrogen-bond donors (Lipinski definition) is 1. The van der Waals surface area contributed by atoms with Gasteiger partial charge in [0, 0.05) is 43.4 Å². The lowest BCUT2D eigenvalue weighted by atomic mass is 10.1. The second-order valence-corrected chi connectivity index (χ2v) is 6.33. The lowest BCUT2D eigenvalue weighted by Crippen LogP contribution is -2.42. The van der Waals surface area contributed by atoms with Crippen LogP contribution in [0.3, 0.4) is 0 Å². The van der Waals surface area contributed by atoms with Crippen LogP contribution in [0.25, 0.3) is 23.0 Å². The minimum atomic E-state index is -0.327. The quantitative estimate of drug-likeness (QED) is 0.765. The molecule has 27 heavy (non-hydrogen) atoms. The molecule has 8 nitrogen and oxygen atoms in total. The van der Waals surface area contributed by atoms with Gasteiger partial charge in [-0.05, 0) is 31.2 Å². The van der Waals surface area contributed by atoms with E-state index in [1.54, 1.807) is 21.7 Å². The predicted molar refractivity (Wildman–Crippen MR) is 95.1 cm³/mol. The van der Waals surface area contributed by atoms with Gasteiger partial charge in [-0.3, -0.25) is 4.68 Å². The van der Waals surface area contributed by atoms with E-state index in [1.807, 2.05) is 14.0 Å². The number of nitrogens with zero attached hydrogens (tertiary/aromatic N) is 5. The lowest BCUT2D eigenvalue weighted by Gasteiger charge is -2.27. The van der Waals surface area contributed by atoms with Crippen LogP contribution in [0.1, 0.15) is 18.2 Å². The fourth-order valence-electron chi connectivity index (χ4n) is 3.24. The molecular weight excluding hydrogens is 351 g/mol. The standard InChI is InChI=1S/C18H19FN6O2/c1-3-20-18(26)25-9-8-14-13(10-25)15(22-24(14)2)17-21-16(23-27-17)11-4-6-12(19)7-5-11/h4-7H,3,8-10H2,1-2H3,(H,20,26). The highest BCUT2D eigenvalue weighted by molar-refractivity contribution is 5.75. The minimum absolute atomic E-state index is 0.101. The number of aromatic nitrogens is 4. The van der Waals surface area contributed by atoms with Gasteiger partial charge in [0.05, 0.1) is 6.54 Å². The van der Waals surface area contributed by atoms with Gasteiger partial charge in [-0.15, -0.1) is 0 Å². The van der Waals surface area contributed by atoms with Crippen molar-refractivity contribution >= 4 is 6.03 Å². The monoisotopic (exact) mass is 370 g/mol. The van der Waals surface area contributed by atoms with E-state index >= 15 is 0 Å². The summed E-state index contributed by atoms with van der Waals surface area (Å²) in [5.74, 6) is 0.316. The maximum atomic E-state index is 13.1. The first kappa shape index (κ1) is 17.2. The number of carbonyl (C=O) groups is 1. The molecule has 9 heteroatoms. The topological polar surface area (TPSA) is 89.1 Å². The van der Waals surface area contributed by atoms with E-state index in [1.165, 1.54) is 12.1 Å². The van der Waals surface area contributed by atoms with Crippen molar-refractivity contribution in [1.82, 2.24) is 30.1 Å². The zero-order valence-corrected chi connectivity index (χ0v) is 15.1. The van der Waals surface area contributed by atoms with Crippen LogP contribution in [0.15, 0.2) is 28.8 Å². The van der Waals surface area contributed by atoms with E-state index in [0.29, 0.717) is 43.1 Å². The molecule has 2 aromatic heterocycles. The summed E-state index contributed by atoms with van der Waals surface area (Å²) in [7, 11) is 1.86. The van der Waals surface area contributed by atoms with Gasteiger partial charge >= 0.3 is 6.03 Å². The number of benzene rings is 1. The van der Waals surface area contributed by atoms with Gasteiger partial charge in [0.1, 0.15) is 5.82 Å². The first-order chi connectivity index (χ1) is 13.1. The molecule has 4 rings (SSSR count). The molecule has 0 radical (unpaired) electrons. The van der Waals surface area contributed by atoms with Gasteiger partial charge in [-0.2, -0.15) is 10.1 Å². The number of nitrogens with one attached hydrogen (secondary N) is 1. The highest BCUT2D eigenvalue weighted by Crippen LogP contribution is 2.30. The largest absolute Gasteiger partial charge is 0.338 e. The van der Waals surface area contributed by atoms with Gasteiger partial charge in [0.2, 0.25) is 5.82 Å². The van der Waals surface area contributed by atoms with E-state index in [9.17, 15) is 9.18 Å². The zero-order valence-electron chi connectivity index (χ0n) is 15.1. The number of halogens is 1. The molecule has 1 aliphatic heterocycles. The third-order valence-corrected chi connectivity index (χ3v) is 4.59. The highest BCUT2D eigenvalue weighted by Gasteiger charge is 2.29. The smallest absolute Gasteiger partial charge is 0.317 e. The fourth-order valence-corrected chi connectivity index (χ4v) is 3.24. The predicted octanol–water partition coefficient (Wildman–Crippen LogP) is 2.36. The van der Waals surface area contributed by atoms with E-state index < -0.39 is 0 Å². The third-order valence-electron chi connectivity index (χ3n) is 4.59. The number of fused-ring (bicyclic) bond motifs is 1. The van der Waals surface area contributed by atoms with Gasteiger partial charge in [0.15, 0.2) is 5.69 Å². The first-order valence-electron chi connectivity index (χ1n) is 8.74. The second-order valence-electron chi connectivity index (χ2n) is 6.33. The molecule has 140 valence electrons. The summed E-state index contributed by atoms with van der Waals surface area (Å²) >= 11 is 0. The van der Waals surface area contributed by atoms with Gasteiger partial charge < -0.3 is 14.7 Å². The van der Waals surface area contributed by atoms with Crippen LogP contribution in [0.2, 0.25) is 0 Å². The Hall–Kier alpha value is -3.23. The Kier molecular flexibility index (Phi) is 4.35. The van der Waals surface area contributed by atoms with Crippen molar-refractivity contribution in [2.24, 2.45) is 7.05 Å². The number of carbonyl (C=O) groups excluding carboxylic acids is 1. The molecule has 3 aromatic rings. The number of hydrogen-bond acceptors (Lipinski definition) is 5. The molecule has 1 aromatic carbocycles. The highest BCUT2D eigenvalue weighted by atomic mass is 19.1. The van der Waals surface area contributed by atoms with Crippen LogP contribution in [0.4, 0.5) is 9.18 Å².